The number of amides is 1. The maximum absolute atomic E-state index is 12.0. The van der Waals surface area contributed by atoms with E-state index >= 15 is 0 Å². The Morgan fingerprint density at radius 1 is 1.28 bits per heavy atom. The number of nitrogens with zero attached hydrogens (tertiary/aromatic N) is 2. The zero-order valence-electron chi connectivity index (χ0n) is 13.8. The van der Waals surface area contributed by atoms with Gasteiger partial charge in [-0.2, -0.15) is 0 Å². The largest absolute Gasteiger partial charge is 0.491 e. The Bertz CT molecular complexity index is 844. The fourth-order valence-electron chi connectivity index (χ4n) is 2.39. The van der Waals surface area contributed by atoms with Gasteiger partial charge >= 0.3 is 0 Å². The molecular weight excluding hydrogens is 336 g/mol. The van der Waals surface area contributed by atoms with E-state index in [1.165, 1.54) is 11.3 Å². The maximum Gasteiger partial charge on any atom is 0.270 e. The van der Waals surface area contributed by atoms with E-state index in [1.54, 1.807) is 11.6 Å². The van der Waals surface area contributed by atoms with Gasteiger partial charge in [0.25, 0.3) is 5.91 Å². The molecule has 2 aromatic heterocycles. The lowest BCUT2D eigenvalue weighted by atomic mass is 10.2. The molecule has 25 heavy (non-hydrogen) atoms. The lowest BCUT2D eigenvalue weighted by molar-refractivity contribution is 0.0947. The van der Waals surface area contributed by atoms with E-state index in [4.69, 9.17) is 10.5 Å². The third kappa shape index (κ3) is 4.52. The van der Waals surface area contributed by atoms with Crippen molar-refractivity contribution >= 4 is 28.1 Å². The number of para-hydroxylation sites is 1. The SMILES string of the molecule is NCCc1nc(C(=O)NCCCOc2cccc3cccnc23)cs1. The first-order valence-electron chi connectivity index (χ1n) is 8.17. The van der Waals surface area contributed by atoms with Crippen molar-refractivity contribution in [2.75, 3.05) is 19.7 Å². The molecule has 3 aromatic rings. The summed E-state index contributed by atoms with van der Waals surface area (Å²) >= 11 is 1.46. The molecule has 130 valence electrons. The van der Waals surface area contributed by atoms with Crippen LogP contribution in [0.2, 0.25) is 0 Å². The fourth-order valence-corrected chi connectivity index (χ4v) is 3.19. The van der Waals surface area contributed by atoms with Crippen molar-refractivity contribution in [3.8, 4) is 5.75 Å². The normalized spacial score (nSPS) is 10.8. The van der Waals surface area contributed by atoms with Crippen LogP contribution in [0.5, 0.6) is 5.75 Å². The minimum atomic E-state index is -0.161. The van der Waals surface area contributed by atoms with E-state index < -0.39 is 0 Å². The molecule has 0 atom stereocenters. The van der Waals surface area contributed by atoms with Crippen LogP contribution in [0, 0.1) is 0 Å². The van der Waals surface area contributed by atoms with Gasteiger partial charge in [-0.1, -0.05) is 18.2 Å². The summed E-state index contributed by atoms with van der Waals surface area (Å²) < 4.78 is 5.80. The van der Waals surface area contributed by atoms with Crippen LogP contribution >= 0.6 is 11.3 Å². The van der Waals surface area contributed by atoms with Gasteiger partial charge in [0.15, 0.2) is 0 Å². The maximum atomic E-state index is 12.0. The van der Waals surface area contributed by atoms with Crippen molar-refractivity contribution in [1.82, 2.24) is 15.3 Å². The summed E-state index contributed by atoms with van der Waals surface area (Å²) in [5, 5.41) is 6.55. The number of aromatic nitrogens is 2. The van der Waals surface area contributed by atoms with Crippen molar-refractivity contribution in [3.05, 3.63) is 52.6 Å². The molecule has 3 rings (SSSR count). The number of rotatable bonds is 8. The molecule has 0 spiro atoms. The van der Waals surface area contributed by atoms with Crippen LogP contribution in [0.15, 0.2) is 41.9 Å². The lowest BCUT2D eigenvalue weighted by Crippen LogP contribution is -2.26. The third-order valence-electron chi connectivity index (χ3n) is 3.60. The number of carbonyl (C=O) groups is 1. The Hall–Kier alpha value is -2.51. The van der Waals surface area contributed by atoms with Gasteiger partial charge < -0.3 is 15.8 Å². The summed E-state index contributed by atoms with van der Waals surface area (Å²) in [7, 11) is 0. The quantitative estimate of drug-likeness (QED) is 0.605. The van der Waals surface area contributed by atoms with E-state index in [0.29, 0.717) is 38.2 Å². The smallest absolute Gasteiger partial charge is 0.270 e. The second-order valence-corrected chi connectivity index (χ2v) is 6.40. The van der Waals surface area contributed by atoms with Gasteiger partial charge in [-0.3, -0.25) is 9.78 Å². The Morgan fingerprint density at radius 2 is 2.16 bits per heavy atom. The molecule has 0 bridgehead atoms. The zero-order valence-corrected chi connectivity index (χ0v) is 14.6. The number of hydrogen-bond donors (Lipinski definition) is 2. The predicted molar refractivity (Wildman–Crippen MR) is 99.1 cm³/mol. The Balaban J connectivity index is 1.44. The zero-order chi connectivity index (χ0) is 17.5. The Labute approximate surface area is 150 Å². The number of thiazole rings is 1. The number of carbonyl (C=O) groups excluding carboxylic acids is 1. The molecule has 0 saturated heterocycles. The highest BCUT2D eigenvalue weighted by Gasteiger charge is 2.10. The van der Waals surface area contributed by atoms with Gasteiger partial charge in [-0.15, -0.1) is 11.3 Å². The summed E-state index contributed by atoms with van der Waals surface area (Å²) in [6, 6.07) is 9.76. The standard InChI is InChI=1S/C18H20N4O2S/c19-8-7-16-22-14(12-25-16)18(23)21-10-3-11-24-15-6-1-4-13-5-2-9-20-17(13)15/h1-2,4-6,9,12H,3,7-8,10-11,19H2,(H,21,23). The molecule has 0 aliphatic rings. The summed E-state index contributed by atoms with van der Waals surface area (Å²) in [6.07, 6.45) is 3.15. The van der Waals surface area contributed by atoms with Crippen LogP contribution in [-0.2, 0) is 6.42 Å². The van der Waals surface area contributed by atoms with E-state index in [0.717, 1.165) is 21.7 Å². The molecule has 7 heteroatoms. The van der Waals surface area contributed by atoms with Crippen LogP contribution in [0.1, 0.15) is 21.9 Å². The van der Waals surface area contributed by atoms with Crippen molar-refractivity contribution in [3.63, 3.8) is 0 Å². The molecule has 0 saturated carbocycles. The predicted octanol–water partition coefficient (Wildman–Crippen LogP) is 2.39. The molecule has 0 aliphatic carbocycles. The molecule has 0 radical (unpaired) electrons. The first-order valence-corrected chi connectivity index (χ1v) is 9.05. The number of nitrogens with two attached hydrogens (primary N) is 1. The Kier molecular flexibility index (Phi) is 5.92. The number of nitrogens with one attached hydrogen (secondary N) is 1. The van der Waals surface area contributed by atoms with Gasteiger partial charge in [0.2, 0.25) is 0 Å². The molecule has 0 fully saturated rings. The minimum absolute atomic E-state index is 0.161. The summed E-state index contributed by atoms with van der Waals surface area (Å²) in [5.74, 6) is 0.599. The topological polar surface area (TPSA) is 90.1 Å². The highest BCUT2D eigenvalue weighted by molar-refractivity contribution is 7.09. The second-order valence-electron chi connectivity index (χ2n) is 5.45. The molecule has 1 amide bonds. The summed E-state index contributed by atoms with van der Waals surface area (Å²) in [6.45, 7) is 1.57. The number of hydrogen-bond acceptors (Lipinski definition) is 6. The number of ether oxygens (including phenoxy) is 1. The van der Waals surface area contributed by atoms with E-state index in [-0.39, 0.29) is 5.91 Å². The molecule has 3 N–H and O–H groups in total. The van der Waals surface area contributed by atoms with Crippen molar-refractivity contribution < 1.29 is 9.53 Å². The van der Waals surface area contributed by atoms with Crippen LogP contribution in [0.4, 0.5) is 0 Å². The molecule has 0 unspecified atom stereocenters. The Morgan fingerprint density at radius 3 is 3.04 bits per heavy atom. The van der Waals surface area contributed by atoms with Crippen LogP contribution in [0.25, 0.3) is 10.9 Å². The number of pyridine rings is 1. The van der Waals surface area contributed by atoms with Crippen molar-refractivity contribution in [2.24, 2.45) is 5.73 Å². The molecule has 6 nitrogen and oxygen atoms in total. The van der Waals surface area contributed by atoms with Crippen LogP contribution in [0.3, 0.4) is 0 Å². The number of benzene rings is 1. The number of fused-ring (bicyclic) bond motifs is 1. The fraction of sp³-hybridized carbons (Fsp3) is 0.278. The van der Waals surface area contributed by atoms with Crippen LogP contribution < -0.4 is 15.8 Å². The third-order valence-corrected chi connectivity index (χ3v) is 4.51. The van der Waals surface area contributed by atoms with Gasteiger partial charge in [0, 0.05) is 29.9 Å². The molecular formula is C18H20N4O2S. The first kappa shape index (κ1) is 17.3. The molecule has 2 heterocycles. The van der Waals surface area contributed by atoms with E-state index in [2.05, 4.69) is 15.3 Å². The average Bonchev–Trinajstić information content (AvgIpc) is 3.10. The summed E-state index contributed by atoms with van der Waals surface area (Å²) in [4.78, 5) is 20.6. The van der Waals surface area contributed by atoms with E-state index in [1.807, 2.05) is 30.3 Å². The van der Waals surface area contributed by atoms with Gasteiger partial charge in [-0.25, -0.2) is 4.98 Å². The average molecular weight is 356 g/mol. The monoisotopic (exact) mass is 356 g/mol. The van der Waals surface area contributed by atoms with Crippen molar-refractivity contribution in [1.29, 1.82) is 0 Å². The first-order chi connectivity index (χ1) is 12.3. The van der Waals surface area contributed by atoms with Gasteiger partial charge in [0.1, 0.15) is 17.0 Å². The lowest BCUT2D eigenvalue weighted by Gasteiger charge is -2.09. The van der Waals surface area contributed by atoms with Crippen LogP contribution in [-0.4, -0.2) is 35.6 Å². The van der Waals surface area contributed by atoms with Crippen molar-refractivity contribution in [2.45, 2.75) is 12.8 Å². The van der Waals surface area contributed by atoms with E-state index in [9.17, 15) is 4.79 Å². The highest BCUT2D eigenvalue weighted by atomic mass is 32.1. The summed E-state index contributed by atoms with van der Waals surface area (Å²) in [5.41, 5.74) is 6.79. The minimum Gasteiger partial charge on any atom is -0.491 e. The molecule has 1 aromatic carbocycles. The van der Waals surface area contributed by atoms with Gasteiger partial charge in [0.05, 0.1) is 11.6 Å². The second kappa shape index (κ2) is 8.55. The molecule has 0 aliphatic heterocycles. The highest BCUT2D eigenvalue weighted by Crippen LogP contribution is 2.22. The van der Waals surface area contributed by atoms with Gasteiger partial charge in [-0.05, 0) is 25.1 Å².